The summed E-state index contributed by atoms with van der Waals surface area (Å²) in [6, 6.07) is 1.80. The number of ether oxygens (including phenoxy) is 1. The molecule has 2 aromatic rings. The topological polar surface area (TPSA) is 60.4 Å². The second kappa shape index (κ2) is 6.00. The predicted octanol–water partition coefficient (Wildman–Crippen LogP) is 2.43. The van der Waals surface area contributed by atoms with Gasteiger partial charge in [0.25, 0.3) is 0 Å². The van der Waals surface area contributed by atoms with Gasteiger partial charge >= 0.3 is 0 Å². The lowest BCUT2D eigenvalue weighted by molar-refractivity contribution is 0.199. The van der Waals surface area contributed by atoms with E-state index in [2.05, 4.69) is 26.2 Å². The molecule has 0 saturated heterocycles. The molecule has 6 heteroatoms. The van der Waals surface area contributed by atoms with Crippen molar-refractivity contribution in [1.82, 2.24) is 10.3 Å². The Morgan fingerprint density at radius 3 is 3.06 bits per heavy atom. The van der Waals surface area contributed by atoms with Crippen LogP contribution in [0, 0.1) is 0 Å². The van der Waals surface area contributed by atoms with Crippen LogP contribution in [0.3, 0.4) is 0 Å². The minimum atomic E-state index is 0.550. The number of aromatic nitrogens is 1. The largest absolute Gasteiger partial charge is 0.457 e. The number of furan rings is 1. The summed E-state index contributed by atoms with van der Waals surface area (Å²) >= 11 is 3.29. The van der Waals surface area contributed by atoms with E-state index in [4.69, 9.17) is 13.6 Å². The lowest BCUT2D eigenvalue weighted by Gasteiger charge is -1.99. The standard InChI is InChI=1S/C11H13BrN2O3/c1-15-5-3-13-6-8-7-17-11(14-8)9-2-4-16-10(9)12/h2,4,7,13H,3,5-6H2,1H3. The van der Waals surface area contributed by atoms with Crippen LogP contribution in [-0.2, 0) is 11.3 Å². The summed E-state index contributed by atoms with van der Waals surface area (Å²) in [6.07, 6.45) is 3.22. The average molecular weight is 301 g/mol. The molecule has 2 rings (SSSR count). The van der Waals surface area contributed by atoms with Crippen LogP contribution in [0.1, 0.15) is 5.69 Å². The van der Waals surface area contributed by atoms with Crippen molar-refractivity contribution in [1.29, 1.82) is 0 Å². The van der Waals surface area contributed by atoms with Gasteiger partial charge in [-0.15, -0.1) is 0 Å². The van der Waals surface area contributed by atoms with E-state index in [-0.39, 0.29) is 0 Å². The summed E-state index contributed by atoms with van der Waals surface area (Å²) in [5.41, 5.74) is 1.66. The second-order valence-electron chi connectivity index (χ2n) is 3.42. The van der Waals surface area contributed by atoms with Crippen LogP contribution in [0.5, 0.6) is 0 Å². The number of hydrogen-bond donors (Lipinski definition) is 1. The quantitative estimate of drug-likeness (QED) is 0.830. The van der Waals surface area contributed by atoms with Crippen molar-refractivity contribution >= 4 is 15.9 Å². The van der Waals surface area contributed by atoms with Gasteiger partial charge in [-0.05, 0) is 22.0 Å². The van der Waals surface area contributed by atoms with Gasteiger partial charge in [0.2, 0.25) is 5.89 Å². The Labute approximate surface area is 107 Å². The molecular weight excluding hydrogens is 288 g/mol. The van der Waals surface area contributed by atoms with Crippen molar-refractivity contribution in [2.24, 2.45) is 0 Å². The third-order valence-electron chi connectivity index (χ3n) is 2.19. The van der Waals surface area contributed by atoms with Crippen LogP contribution in [-0.4, -0.2) is 25.2 Å². The van der Waals surface area contributed by atoms with E-state index < -0.39 is 0 Å². The molecule has 5 nitrogen and oxygen atoms in total. The van der Waals surface area contributed by atoms with Crippen molar-refractivity contribution in [3.63, 3.8) is 0 Å². The highest BCUT2D eigenvalue weighted by Gasteiger charge is 2.12. The lowest BCUT2D eigenvalue weighted by atomic mass is 10.3. The molecule has 0 aliphatic rings. The van der Waals surface area contributed by atoms with Crippen molar-refractivity contribution in [3.8, 4) is 11.5 Å². The first-order valence-electron chi connectivity index (χ1n) is 5.18. The Morgan fingerprint density at radius 1 is 1.47 bits per heavy atom. The molecule has 1 N–H and O–H groups in total. The first-order chi connectivity index (χ1) is 8.31. The maximum Gasteiger partial charge on any atom is 0.230 e. The molecule has 2 aromatic heterocycles. The molecule has 0 aliphatic carbocycles. The van der Waals surface area contributed by atoms with Crippen molar-refractivity contribution in [2.45, 2.75) is 6.54 Å². The van der Waals surface area contributed by atoms with Gasteiger partial charge in [-0.2, -0.15) is 0 Å². The molecule has 0 fully saturated rings. The maximum atomic E-state index is 5.37. The fourth-order valence-electron chi connectivity index (χ4n) is 1.35. The zero-order valence-corrected chi connectivity index (χ0v) is 11.0. The number of rotatable bonds is 6. The van der Waals surface area contributed by atoms with Crippen LogP contribution in [0.25, 0.3) is 11.5 Å². The van der Waals surface area contributed by atoms with Gasteiger partial charge in [0.05, 0.1) is 24.1 Å². The summed E-state index contributed by atoms with van der Waals surface area (Å²) in [5.74, 6) is 0.550. The average Bonchev–Trinajstić information content (AvgIpc) is 2.93. The molecule has 0 aliphatic heterocycles. The molecule has 0 bridgehead atoms. The van der Waals surface area contributed by atoms with Crippen LogP contribution in [0.2, 0.25) is 0 Å². The van der Waals surface area contributed by atoms with Gasteiger partial charge in [-0.3, -0.25) is 0 Å². The van der Waals surface area contributed by atoms with Gasteiger partial charge in [-0.25, -0.2) is 4.98 Å². The van der Waals surface area contributed by atoms with E-state index in [1.165, 1.54) is 0 Å². The van der Waals surface area contributed by atoms with E-state index in [1.54, 1.807) is 25.7 Å². The number of hydrogen-bond acceptors (Lipinski definition) is 5. The third-order valence-corrected chi connectivity index (χ3v) is 2.80. The fourth-order valence-corrected chi connectivity index (χ4v) is 1.76. The van der Waals surface area contributed by atoms with E-state index in [0.29, 0.717) is 23.7 Å². The van der Waals surface area contributed by atoms with Crippen LogP contribution in [0.4, 0.5) is 0 Å². The number of halogens is 1. The summed E-state index contributed by atoms with van der Waals surface area (Å²) < 4.78 is 16.1. The van der Waals surface area contributed by atoms with Gasteiger partial charge in [0, 0.05) is 20.2 Å². The highest BCUT2D eigenvalue weighted by atomic mass is 79.9. The van der Waals surface area contributed by atoms with Crippen molar-refractivity contribution < 1.29 is 13.6 Å². The maximum absolute atomic E-state index is 5.37. The SMILES string of the molecule is COCCNCc1coc(-c2ccoc2Br)n1. The molecule has 0 radical (unpaired) electrons. The van der Waals surface area contributed by atoms with Crippen molar-refractivity contribution in [3.05, 3.63) is 29.0 Å². The fraction of sp³-hybridized carbons (Fsp3) is 0.364. The van der Waals surface area contributed by atoms with E-state index in [9.17, 15) is 0 Å². The number of methoxy groups -OCH3 is 1. The molecule has 0 atom stereocenters. The molecule has 0 unspecified atom stereocenters. The molecule has 17 heavy (non-hydrogen) atoms. The molecule has 0 amide bonds. The van der Waals surface area contributed by atoms with E-state index in [0.717, 1.165) is 17.8 Å². The van der Waals surface area contributed by atoms with Crippen LogP contribution in [0.15, 0.2) is 32.1 Å². The second-order valence-corrected chi connectivity index (χ2v) is 4.14. The number of oxazole rings is 1. The Morgan fingerprint density at radius 2 is 2.35 bits per heavy atom. The van der Waals surface area contributed by atoms with E-state index >= 15 is 0 Å². The number of nitrogens with one attached hydrogen (secondary N) is 1. The predicted molar refractivity (Wildman–Crippen MR) is 65.5 cm³/mol. The summed E-state index contributed by atoms with van der Waals surface area (Å²) in [7, 11) is 1.67. The highest BCUT2D eigenvalue weighted by Crippen LogP contribution is 2.28. The van der Waals surface area contributed by atoms with Crippen molar-refractivity contribution in [2.75, 3.05) is 20.3 Å². The normalized spacial score (nSPS) is 10.9. The van der Waals surface area contributed by atoms with Crippen LogP contribution >= 0.6 is 15.9 Å². The Bertz CT molecular complexity index is 467. The Kier molecular flexibility index (Phi) is 4.36. The van der Waals surface area contributed by atoms with Gasteiger partial charge in [0.15, 0.2) is 4.67 Å². The summed E-state index contributed by atoms with van der Waals surface area (Å²) in [6.45, 7) is 2.12. The van der Waals surface area contributed by atoms with Gasteiger partial charge in [0.1, 0.15) is 6.26 Å². The molecule has 0 saturated carbocycles. The molecule has 0 spiro atoms. The highest BCUT2D eigenvalue weighted by molar-refractivity contribution is 9.10. The van der Waals surface area contributed by atoms with Gasteiger partial charge in [-0.1, -0.05) is 0 Å². The number of nitrogens with zero attached hydrogens (tertiary/aromatic N) is 1. The first-order valence-corrected chi connectivity index (χ1v) is 5.98. The van der Waals surface area contributed by atoms with Gasteiger partial charge < -0.3 is 18.9 Å². The minimum absolute atomic E-state index is 0.550. The van der Waals surface area contributed by atoms with E-state index in [1.807, 2.05) is 0 Å². The Hall–Kier alpha value is -1.11. The minimum Gasteiger partial charge on any atom is -0.457 e. The summed E-state index contributed by atoms with van der Waals surface area (Å²) in [4.78, 5) is 4.35. The Balaban J connectivity index is 1.95. The monoisotopic (exact) mass is 300 g/mol. The molecule has 2 heterocycles. The molecule has 0 aromatic carbocycles. The van der Waals surface area contributed by atoms with Crippen LogP contribution < -0.4 is 5.32 Å². The lowest BCUT2D eigenvalue weighted by Crippen LogP contribution is -2.18. The third kappa shape index (κ3) is 3.18. The molecule has 92 valence electrons. The zero-order chi connectivity index (χ0) is 12.1. The smallest absolute Gasteiger partial charge is 0.230 e. The summed E-state index contributed by atoms with van der Waals surface area (Å²) in [5, 5.41) is 3.19. The zero-order valence-electron chi connectivity index (χ0n) is 9.40. The first kappa shape index (κ1) is 12.3. The molecular formula is C11H13BrN2O3.